The molecule has 0 aliphatic heterocycles. The summed E-state index contributed by atoms with van der Waals surface area (Å²) in [5, 5.41) is 0. The van der Waals surface area contributed by atoms with E-state index >= 15 is 0 Å². The van der Waals surface area contributed by atoms with Crippen molar-refractivity contribution in [1.82, 2.24) is 0 Å². The average Bonchev–Trinajstić information content (AvgIpc) is 3.68. The summed E-state index contributed by atoms with van der Waals surface area (Å²) in [5.74, 6) is 0.957. The summed E-state index contributed by atoms with van der Waals surface area (Å²) >= 11 is -4.91. The molecule has 0 fully saturated rings. The maximum absolute atomic E-state index is 5.84. The number of hydrogen-bond acceptors (Lipinski definition) is 0. The molecule has 0 bridgehead atoms. The zero-order valence-electron chi connectivity index (χ0n) is 31.9. The third-order valence-electron chi connectivity index (χ3n) is 11.9. The SMILES string of the molecule is [CH2]=[Zr]([C]1=CC=CC1)([c]1ccc(C(C)C)cc1)([c]1ccc(C(C)C)cc1)[c]1c(C)c(C(C)(C)C)cc2c1Cc1cc(C)c(C(C)(C)C)cc1-2. The van der Waals surface area contributed by atoms with Gasteiger partial charge < -0.3 is 0 Å². The molecular formula is C47H58Zr. The molecule has 0 nitrogen and oxygen atoms in total. The Bertz CT molecular complexity index is 1970. The molecule has 48 heavy (non-hydrogen) atoms. The first-order chi connectivity index (χ1) is 22.4. The van der Waals surface area contributed by atoms with Crippen LogP contribution in [0.3, 0.4) is 0 Å². The van der Waals surface area contributed by atoms with Gasteiger partial charge in [-0.2, -0.15) is 0 Å². The van der Waals surface area contributed by atoms with Gasteiger partial charge in [-0.15, -0.1) is 0 Å². The van der Waals surface area contributed by atoms with E-state index in [0.29, 0.717) is 11.8 Å². The van der Waals surface area contributed by atoms with Crippen LogP contribution in [-0.2, 0) is 35.5 Å². The first-order valence-electron chi connectivity index (χ1n) is 18.3. The molecule has 0 amide bonds. The molecule has 0 unspecified atom stereocenters. The summed E-state index contributed by atoms with van der Waals surface area (Å²) in [6.07, 6.45) is 9.06. The second-order valence-corrected chi connectivity index (χ2v) is 30.6. The van der Waals surface area contributed by atoms with Crippen LogP contribution in [0, 0.1) is 13.8 Å². The van der Waals surface area contributed by atoms with Crippen LogP contribution < -0.4 is 9.81 Å². The maximum atomic E-state index is 5.84. The van der Waals surface area contributed by atoms with Crippen LogP contribution in [0.2, 0.25) is 0 Å². The molecule has 0 spiro atoms. The van der Waals surface area contributed by atoms with Gasteiger partial charge in [0.05, 0.1) is 0 Å². The Labute approximate surface area is 293 Å². The van der Waals surface area contributed by atoms with Gasteiger partial charge in [-0.25, -0.2) is 0 Å². The summed E-state index contributed by atoms with van der Waals surface area (Å²) in [4.78, 5) is 0. The first-order valence-corrected chi connectivity index (χ1v) is 24.9. The van der Waals surface area contributed by atoms with Crippen LogP contribution in [0.4, 0.5) is 0 Å². The van der Waals surface area contributed by atoms with Gasteiger partial charge in [0.2, 0.25) is 0 Å². The van der Waals surface area contributed by atoms with E-state index in [-0.39, 0.29) is 10.8 Å². The van der Waals surface area contributed by atoms with E-state index in [2.05, 4.69) is 168 Å². The molecule has 0 radical (unpaired) electrons. The zero-order valence-corrected chi connectivity index (χ0v) is 34.3. The van der Waals surface area contributed by atoms with Crippen LogP contribution in [0.5, 0.6) is 0 Å². The number of benzene rings is 4. The van der Waals surface area contributed by atoms with Crippen molar-refractivity contribution < 1.29 is 18.3 Å². The Morgan fingerprint density at radius 3 is 1.60 bits per heavy atom. The van der Waals surface area contributed by atoms with Gasteiger partial charge in [-0.05, 0) is 0 Å². The normalized spacial score (nSPS) is 14.9. The van der Waals surface area contributed by atoms with Crippen molar-refractivity contribution >= 4 is 14.0 Å². The van der Waals surface area contributed by atoms with E-state index in [1.165, 1.54) is 62.2 Å². The Morgan fingerprint density at radius 1 is 0.667 bits per heavy atom. The van der Waals surface area contributed by atoms with Crippen molar-refractivity contribution in [2.45, 2.75) is 119 Å². The van der Waals surface area contributed by atoms with Gasteiger partial charge >= 0.3 is 295 Å². The van der Waals surface area contributed by atoms with Crippen molar-refractivity contribution in [3.8, 4) is 11.1 Å². The van der Waals surface area contributed by atoms with Gasteiger partial charge in [0, 0.05) is 0 Å². The fraction of sp³-hybridized carbons (Fsp3) is 0.383. The quantitative estimate of drug-likeness (QED) is 0.164. The van der Waals surface area contributed by atoms with Crippen molar-refractivity contribution in [2.24, 2.45) is 0 Å². The van der Waals surface area contributed by atoms with Crippen LogP contribution in [0.15, 0.2) is 88.2 Å². The Hall–Kier alpha value is -2.89. The zero-order chi connectivity index (χ0) is 35.0. The van der Waals surface area contributed by atoms with Gasteiger partial charge in [-0.1, -0.05) is 0 Å². The third-order valence-corrected chi connectivity index (χ3v) is 28.6. The van der Waals surface area contributed by atoms with Crippen molar-refractivity contribution in [3.63, 3.8) is 0 Å². The van der Waals surface area contributed by atoms with Crippen LogP contribution in [0.25, 0.3) is 11.1 Å². The minimum atomic E-state index is -4.91. The molecule has 2 aliphatic carbocycles. The number of aryl methyl sites for hydroxylation is 1. The van der Waals surface area contributed by atoms with E-state index < -0.39 is 18.3 Å². The summed E-state index contributed by atoms with van der Waals surface area (Å²) < 4.78 is 11.9. The van der Waals surface area contributed by atoms with Crippen molar-refractivity contribution in [1.29, 1.82) is 0 Å². The van der Waals surface area contributed by atoms with E-state index in [4.69, 9.17) is 4.21 Å². The summed E-state index contributed by atoms with van der Waals surface area (Å²) in [7, 11) is 0. The molecule has 0 atom stereocenters. The third kappa shape index (κ3) is 5.30. The van der Waals surface area contributed by atoms with E-state index in [1.54, 1.807) is 6.55 Å². The standard InChI is InChI=1S/C23H29.2C9H11.C5H5.CH2.Zr/c1-14-9-16-11-17-10-15(2)21(23(6,7)8)13-19(17)18(16)12-20(14)22(3,4)5;2*1-8(2)9-6-4-3-5-7-9;1-2-4-5-3-1;;/h9,12-13H,11H2,1-8H3;2*4-8H,1-2H3;1-3H,4H2;1H2;. The molecule has 2 aliphatic rings. The van der Waals surface area contributed by atoms with Gasteiger partial charge in [0.25, 0.3) is 0 Å². The second-order valence-electron chi connectivity index (χ2n) is 17.8. The number of rotatable bonds is 6. The number of fused-ring (bicyclic) bond motifs is 3. The molecule has 0 heterocycles. The molecule has 250 valence electrons. The topological polar surface area (TPSA) is 0 Å². The van der Waals surface area contributed by atoms with Gasteiger partial charge in [0.15, 0.2) is 0 Å². The Morgan fingerprint density at radius 2 is 1.17 bits per heavy atom. The minimum absolute atomic E-state index is 0.0204. The first kappa shape index (κ1) is 35.0. The Kier molecular flexibility index (Phi) is 8.64. The average molecular weight is 714 g/mol. The molecule has 0 N–H and O–H groups in total. The Balaban J connectivity index is 1.84. The molecule has 0 saturated carbocycles. The molecule has 4 aromatic carbocycles. The molecular weight excluding hydrogens is 656 g/mol. The van der Waals surface area contributed by atoms with E-state index in [0.717, 1.165) is 12.8 Å². The summed E-state index contributed by atoms with van der Waals surface area (Å²) in [6, 6.07) is 27.2. The fourth-order valence-corrected chi connectivity index (χ4v) is 25.6. The molecule has 0 aromatic heterocycles. The number of hydrogen-bond donors (Lipinski definition) is 0. The van der Waals surface area contributed by atoms with Gasteiger partial charge in [0.1, 0.15) is 0 Å². The molecule has 1 heteroatoms. The van der Waals surface area contributed by atoms with Crippen LogP contribution in [0.1, 0.15) is 132 Å². The number of allylic oxidation sites excluding steroid dienone is 4. The molecule has 4 aromatic rings. The predicted octanol–water partition coefficient (Wildman–Crippen LogP) is 11.0. The van der Waals surface area contributed by atoms with E-state index in [1.807, 2.05) is 0 Å². The van der Waals surface area contributed by atoms with Crippen LogP contribution >= 0.6 is 0 Å². The van der Waals surface area contributed by atoms with Crippen molar-refractivity contribution in [3.05, 3.63) is 133 Å². The second kappa shape index (κ2) is 11.9. The van der Waals surface area contributed by atoms with E-state index in [9.17, 15) is 0 Å². The monoisotopic (exact) mass is 712 g/mol. The fourth-order valence-electron chi connectivity index (χ4n) is 9.26. The summed E-state index contributed by atoms with van der Waals surface area (Å²) in [6.45, 7) is 28.2. The van der Waals surface area contributed by atoms with Crippen LogP contribution in [-0.4, -0.2) is 4.21 Å². The molecule has 0 saturated heterocycles. The van der Waals surface area contributed by atoms with Crippen molar-refractivity contribution in [2.75, 3.05) is 0 Å². The predicted molar refractivity (Wildman–Crippen MR) is 210 cm³/mol. The molecule has 6 rings (SSSR count). The van der Waals surface area contributed by atoms with Gasteiger partial charge in [-0.3, -0.25) is 0 Å². The summed E-state index contributed by atoms with van der Waals surface area (Å²) in [5.41, 5.74) is 14.5.